The van der Waals surface area contributed by atoms with Crippen LogP contribution in [0.25, 0.3) is 27.9 Å². The van der Waals surface area contributed by atoms with Crippen LogP contribution in [0.4, 0.5) is 10.1 Å². The van der Waals surface area contributed by atoms with Gasteiger partial charge in [-0.3, -0.25) is 14.7 Å². The SMILES string of the molecule is Cc1cc(C(=O)N(C)C)cc(F)c1C1=CCN(C(C)c2cc3c(-c4ccc(N)cn4)ccnc3n2C)CC1. The standard InChI is InChI=1S/C30H33FN6O/c1-18-14-21(30(38)35(3)4)15-25(31)28(18)20-9-12-37(13-10-20)19(2)27-16-24-23(8-11-33-29(24)36(27)5)26-7-6-22(32)17-34-26/h6-9,11,14-17,19H,10,12-13,32H2,1-5H3. The number of aromatic nitrogens is 3. The van der Waals surface area contributed by atoms with E-state index in [1.54, 1.807) is 26.4 Å². The molecule has 0 bridgehead atoms. The van der Waals surface area contributed by atoms with E-state index in [0.717, 1.165) is 52.1 Å². The molecule has 5 rings (SSSR count). The van der Waals surface area contributed by atoms with Crippen molar-refractivity contribution in [2.75, 3.05) is 32.9 Å². The van der Waals surface area contributed by atoms with Crippen molar-refractivity contribution in [3.8, 4) is 11.3 Å². The average molecular weight is 513 g/mol. The van der Waals surface area contributed by atoms with Crippen LogP contribution in [0.2, 0.25) is 0 Å². The summed E-state index contributed by atoms with van der Waals surface area (Å²) in [4.78, 5) is 25.3. The first-order valence-corrected chi connectivity index (χ1v) is 12.8. The van der Waals surface area contributed by atoms with Crippen molar-refractivity contribution in [2.45, 2.75) is 26.3 Å². The summed E-state index contributed by atoms with van der Waals surface area (Å²) in [5.74, 6) is -0.539. The third kappa shape index (κ3) is 4.56. The number of halogens is 1. The fourth-order valence-corrected chi connectivity index (χ4v) is 5.41. The van der Waals surface area contributed by atoms with Crippen LogP contribution >= 0.6 is 0 Å². The van der Waals surface area contributed by atoms with E-state index in [-0.39, 0.29) is 17.8 Å². The number of amides is 1. The molecule has 0 spiro atoms. The Morgan fingerprint density at radius 3 is 2.58 bits per heavy atom. The molecule has 1 atom stereocenters. The average Bonchev–Trinajstić information content (AvgIpc) is 3.24. The van der Waals surface area contributed by atoms with Gasteiger partial charge in [-0.25, -0.2) is 9.37 Å². The number of carbonyl (C=O) groups excluding carboxylic acids is 1. The Balaban J connectivity index is 1.41. The van der Waals surface area contributed by atoms with Gasteiger partial charge in [-0.05, 0) is 67.8 Å². The summed E-state index contributed by atoms with van der Waals surface area (Å²) in [6.07, 6.45) is 6.33. The highest BCUT2D eigenvalue weighted by Gasteiger charge is 2.25. The zero-order valence-corrected chi connectivity index (χ0v) is 22.5. The maximum absolute atomic E-state index is 15.2. The molecule has 4 aromatic rings. The molecule has 0 fully saturated rings. The molecule has 7 nitrogen and oxygen atoms in total. The minimum atomic E-state index is -0.341. The first kappa shape index (κ1) is 25.6. The number of aryl methyl sites for hydroxylation is 2. The van der Waals surface area contributed by atoms with Crippen molar-refractivity contribution in [1.82, 2.24) is 24.3 Å². The van der Waals surface area contributed by atoms with Gasteiger partial charge in [0.2, 0.25) is 0 Å². The van der Waals surface area contributed by atoms with Gasteiger partial charge >= 0.3 is 0 Å². The molecule has 4 heterocycles. The van der Waals surface area contributed by atoms with Gasteiger partial charge in [0, 0.05) is 74.2 Å². The van der Waals surface area contributed by atoms with Crippen LogP contribution in [0.3, 0.4) is 0 Å². The third-order valence-corrected chi connectivity index (χ3v) is 7.51. The lowest BCUT2D eigenvalue weighted by Gasteiger charge is -2.32. The lowest BCUT2D eigenvalue weighted by molar-refractivity contribution is 0.0827. The smallest absolute Gasteiger partial charge is 0.253 e. The Kier molecular flexibility index (Phi) is 6.75. The number of benzene rings is 1. The number of pyridine rings is 2. The van der Waals surface area contributed by atoms with Gasteiger partial charge in [0.15, 0.2) is 0 Å². The highest BCUT2D eigenvalue weighted by Crippen LogP contribution is 2.35. The van der Waals surface area contributed by atoms with Gasteiger partial charge in [0.25, 0.3) is 5.91 Å². The van der Waals surface area contributed by atoms with Crippen molar-refractivity contribution < 1.29 is 9.18 Å². The van der Waals surface area contributed by atoms with E-state index in [1.165, 1.54) is 11.0 Å². The molecule has 196 valence electrons. The zero-order chi connectivity index (χ0) is 27.1. The van der Waals surface area contributed by atoms with E-state index in [0.29, 0.717) is 23.4 Å². The van der Waals surface area contributed by atoms with Crippen LogP contribution in [-0.4, -0.2) is 57.4 Å². The Morgan fingerprint density at radius 2 is 1.95 bits per heavy atom. The highest BCUT2D eigenvalue weighted by molar-refractivity contribution is 5.95. The Hall–Kier alpha value is -4.04. The number of carbonyl (C=O) groups is 1. The molecule has 0 radical (unpaired) electrons. The van der Waals surface area contributed by atoms with Crippen LogP contribution in [0, 0.1) is 12.7 Å². The number of hydrogen-bond acceptors (Lipinski definition) is 5. The second-order valence-electron chi connectivity index (χ2n) is 10.2. The van der Waals surface area contributed by atoms with Crippen molar-refractivity contribution >= 4 is 28.2 Å². The van der Waals surface area contributed by atoms with Crippen molar-refractivity contribution in [2.24, 2.45) is 7.05 Å². The molecule has 1 aliphatic rings. The molecule has 0 saturated carbocycles. The normalized spacial score (nSPS) is 14.9. The third-order valence-electron chi connectivity index (χ3n) is 7.51. The molecule has 3 aromatic heterocycles. The summed E-state index contributed by atoms with van der Waals surface area (Å²) in [5, 5.41) is 1.05. The van der Waals surface area contributed by atoms with Crippen molar-refractivity contribution in [3.05, 3.63) is 83.1 Å². The molecule has 38 heavy (non-hydrogen) atoms. The molecule has 1 unspecified atom stereocenters. The second-order valence-corrected chi connectivity index (χ2v) is 10.2. The number of nitrogens with two attached hydrogens (primary N) is 1. The van der Waals surface area contributed by atoms with E-state index in [4.69, 9.17) is 5.73 Å². The molecule has 1 aliphatic heterocycles. The number of fused-ring (bicyclic) bond motifs is 1. The summed E-state index contributed by atoms with van der Waals surface area (Å²) >= 11 is 0. The number of hydrogen-bond donors (Lipinski definition) is 1. The van der Waals surface area contributed by atoms with Gasteiger partial charge in [0.1, 0.15) is 11.5 Å². The van der Waals surface area contributed by atoms with E-state index in [9.17, 15) is 4.79 Å². The van der Waals surface area contributed by atoms with Gasteiger partial charge in [-0.2, -0.15) is 0 Å². The minimum absolute atomic E-state index is 0.130. The first-order valence-electron chi connectivity index (χ1n) is 12.8. The number of anilines is 1. The molecular weight excluding hydrogens is 479 g/mol. The van der Waals surface area contributed by atoms with Crippen LogP contribution in [-0.2, 0) is 7.05 Å². The Bertz CT molecular complexity index is 1530. The van der Waals surface area contributed by atoms with Gasteiger partial charge in [-0.15, -0.1) is 0 Å². The summed E-state index contributed by atoms with van der Waals surface area (Å²) in [6, 6.07) is 11.2. The van der Waals surface area contributed by atoms with Crippen LogP contribution in [0.1, 0.15) is 46.6 Å². The predicted octanol–water partition coefficient (Wildman–Crippen LogP) is 5.22. The second kappa shape index (κ2) is 10.0. The van der Waals surface area contributed by atoms with Gasteiger partial charge < -0.3 is 15.2 Å². The molecule has 8 heteroatoms. The Morgan fingerprint density at radius 1 is 1.16 bits per heavy atom. The van der Waals surface area contributed by atoms with Crippen LogP contribution in [0.15, 0.2) is 54.9 Å². The largest absolute Gasteiger partial charge is 0.397 e. The zero-order valence-electron chi connectivity index (χ0n) is 22.5. The fourth-order valence-electron chi connectivity index (χ4n) is 5.41. The van der Waals surface area contributed by atoms with Gasteiger partial charge in [-0.1, -0.05) is 6.08 Å². The van der Waals surface area contributed by atoms with E-state index >= 15 is 4.39 Å². The molecule has 1 amide bonds. The topological polar surface area (TPSA) is 80.3 Å². The van der Waals surface area contributed by atoms with Gasteiger partial charge in [0.05, 0.1) is 17.6 Å². The van der Waals surface area contributed by atoms with Crippen LogP contribution < -0.4 is 5.73 Å². The minimum Gasteiger partial charge on any atom is -0.397 e. The maximum Gasteiger partial charge on any atom is 0.253 e. The summed E-state index contributed by atoms with van der Waals surface area (Å²) in [5.41, 5.74) is 13.2. The summed E-state index contributed by atoms with van der Waals surface area (Å²) < 4.78 is 17.3. The maximum atomic E-state index is 15.2. The van der Waals surface area contributed by atoms with Crippen molar-refractivity contribution in [1.29, 1.82) is 0 Å². The van der Waals surface area contributed by atoms with Crippen LogP contribution in [0.5, 0.6) is 0 Å². The first-order chi connectivity index (χ1) is 18.2. The molecular formula is C30H33FN6O. The number of nitrogens with zero attached hydrogens (tertiary/aromatic N) is 5. The van der Waals surface area contributed by atoms with Crippen molar-refractivity contribution in [3.63, 3.8) is 0 Å². The van der Waals surface area contributed by atoms with E-state index in [1.807, 2.05) is 38.4 Å². The van der Waals surface area contributed by atoms with E-state index < -0.39 is 0 Å². The molecule has 0 saturated heterocycles. The summed E-state index contributed by atoms with van der Waals surface area (Å²) in [6.45, 7) is 5.57. The Labute approximate surface area is 222 Å². The molecule has 2 N–H and O–H groups in total. The lowest BCUT2D eigenvalue weighted by Crippen LogP contribution is -2.32. The fraction of sp³-hybridized carbons (Fsp3) is 0.300. The monoisotopic (exact) mass is 512 g/mol. The van der Waals surface area contributed by atoms with E-state index in [2.05, 4.69) is 38.5 Å². The predicted molar refractivity (Wildman–Crippen MR) is 150 cm³/mol. The lowest BCUT2D eigenvalue weighted by atomic mass is 9.92. The number of rotatable bonds is 5. The molecule has 1 aromatic carbocycles. The quantitative estimate of drug-likeness (QED) is 0.397. The number of nitrogen functional groups attached to an aromatic ring is 1. The summed E-state index contributed by atoms with van der Waals surface area (Å²) in [7, 11) is 5.39. The molecule has 0 aliphatic carbocycles. The highest BCUT2D eigenvalue weighted by atomic mass is 19.1.